The molecule has 3 heteroatoms. The summed E-state index contributed by atoms with van der Waals surface area (Å²) >= 11 is 0. The van der Waals surface area contributed by atoms with Gasteiger partial charge in [0.25, 0.3) is 0 Å². The van der Waals surface area contributed by atoms with Crippen molar-refractivity contribution in [2.24, 2.45) is 0 Å². The third kappa shape index (κ3) is 3.00. The van der Waals surface area contributed by atoms with Gasteiger partial charge in [-0.25, -0.2) is 0 Å². The van der Waals surface area contributed by atoms with Gasteiger partial charge in [-0.05, 0) is 38.5 Å². The standard InChI is InChI=1S/C15H19NO2/c1-15(2,3)18-14(17)16-11-7-10-13(16)12-8-5-4-6-9-12/h4-11,14,17H,1-3H3. The van der Waals surface area contributed by atoms with Crippen molar-refractivity contribution >= 4 is 0 Å². The molecule has 0 aliphatic rings. The van der Waals surface area contributed by atoms with Gasteiger partial charge in [0, 0.05) is 6.20 Å². The number of rotatable bonds is 3. The number of hydrogen-bond donors (Lipinski definition) is 1. The second-order valence-electron chi connectivity index (χ2n) is 5.22. The summed E-state index contributed by atoms with van der Waals surface area (Å²) in [7, 11) is 0. The van der Waals surface area contributed by atoms with Gasteiger partial charge in [-0.2, -0.15) is 0 Å². The third-order valence-electron chi connectivity index (χ3n) is 2.55. The van der Waals surface area contributed by atoms with E-state index >= 15 is 0 Å². The number of ether oxygens (including phenoxy) is 1. The van der Waals surface area contributed by atoms with Crippen LogP contribution in [-0.2, 0) is 4.74 Å². The Morgan fingerprint density at radius 2 is 1.72 bits per heavy atom. The first-order chi connectivity index (χ1) is 8.47. The van der Waals surface area contributed by atoms with E-state index in [1.54, 1.807) is 4.57 Å². The van der Waals surface area contributed by atoms with E-state index in [0.29, 0.717) is 0 Å². The maximum Gasteiger partial charge on any atom is 0.242 e. The van der Waals surface area contributed by atoms with E-state index in [9.17, 15) is 5.11 Å². The van der Waals surface area contributed by atoms with Gasteiger partial charge in [-0.15, -0.1) is 0 Å². The van der Waals surface area contributed by atoms with Gasteiger partial charge >= 0.3 is 0 Å². The van der Waals surface area contributed by atoms with Gasteiger partial charge in [-0.3, -0.25) is 4.57 Å². The third-order valence-corrected chi connectivity index (χ3v) is 2.55. The first-order valence-corrected chi connectivity index (χ1v) is 6.05. The lowest BCUT2D eigenvalue weighted by molar-refractivity contribution is -0.208. The van der Waals surface area contributed by atoms with E-state index in [1.165, 1.54) is 0 Å². The Bertz CT molecular complexity index is 497. The molecule has 1 aromatic heterocycles. The molecule has 2 aromatic rings. The molecule has 3 nitrogen and oxygen atoms in total. The Morgan fingerprint density at radius 1 is 1.06 bits per heavy atom. The normalized spacial score (nSPS) is 13.6. The fraction of sp³-hybridized carbons (Fsp3) is 0.333. The summed E-state index contributed by atoms with van der Waals surface area (Å²) in [4.78, 5) is 0. The van der Waals surface area contributed by atoms with Gasteiger partial charge in [0.15, 0.2) is 0 Å². The molecule has 0 saturated carbocycles. The lowest BCUT2D eigenvalue weighted by Gasteiger charge is -2.26. The van der Waals surface area contributed by atoms with Gasteiger partial charge in [0.1, 0.15) is 0 Å². The van der Waals surface area contributed by atoms with Crippen LogP contribution in [0.15, 0.2) is 48.7 Å². The fourth-order valence-electron chi connectivity index (χ4n) is 1.81. The van der Waals surface area contributed by atoms with Gasteiger partial charge in [0.05, 0.1) is 11.3 Å². The molecule has 0 aliphatic heterocycles. The van der Waals surface area contributed by atoms with E-state index in [1.807, 2.05) is 69.4 Å². The first-order valence-electron chi connectivity index (χ1n) is 6.05. The molecule has 0 saturated heterocycles. The van der Waals surface area contributed by atoms with E-state index in [0.717, 1.165) is 11.3 Å². The van der Waals surface area contributed by atoms with E-state index in [2.05, 4.69) is 0 Å². The average Bonchev–Trinajstić information content (AvgIpc) is 2.76. The van der Waals surface area contributed by atoms with E-state index in [-0.39, 0.29) is 0 Å². The minimum Gasteiger partial charge on any atom is -0.351 e. The fourth-order valence-corrected chi connectivity index (χ4v) is 1.81. The van der Waals surface area contributed by atoms with Crippen molar-refractivity contribution < 1.29 is 9.84 Å². The molecule has 1 N–H and O–H groups in total. The summed E-state index contributed by atoms with van der Waals surface area (Å²) in [5, 5.41) is 10.1. The zero-order chi connectivity index (χ0) is 13.2. The summed E-state index contributed by atoms with van der Waals surface area (Å²) in [6.45, 7) is 5.76. The number of aliphatic hydroxyl groups excluding tert-OH is 1. The Labute approximate surface area is 108 Å². The van der Waals surface area contributed by atoms with Crippen LogP contribution in [-0.4, -0.2) is 15.3 Å². The van der Waals surface area contributed by atoms with Crippen LogP contribution in [0.1, 0.15) is 27.2 Å². The summed E-state index contributed by atoms with van der Waals surface area (Å²) in [6, 6.07) is 13.8. The van der Waals surface area contributed by atoms with Crippen LogP contribution >= 0.6 is 0 Å². The van der Waals surface area contributed by atoms with E-state index in [4.69, 9.17) is 4.74 Å². The van der Waals surface area contributed by atoms with Crippen molar-refractivity contribution in [1.82, 2.24) is 4.57 Å². The highest BCUT2D eigenvalue weighted by molar-refractivity contribution is 5.59. The lowest BCUT2D eigenvalue weighted by atomic mass is 10.1. The molecular weight excluding hydrogens is 226 g/mol. The predicted molar refractivity (Wildman–Crippen MR) is 72.0 cm³/mol. The number of benzene rings is 1. The molecule has 1 aromatic carbocycles. The second kappa shape index (κ2) is 4.96. The maximum absolute atomic E-state index is 10.1. The van der Waals surface area contributed by atoms with E-state index < -0.39 is 12.0 Å². The second-order valence-corrected chi connectivity index (χ2v) is 5.22. The molecule has 1 heterocycles. The lowest BCUT2D eigenvalue weighted by Crippen LogP contribution is -2.25. The molecule has 2 rings (SSSR count). The van der Waals surface area contributed by atoms with Crippen LogP contribution < -0.4 is 0 Å². The van der Waals surface area contributed by atoms with Crippen molar-refractivity contribution in [3.05, 3.63) is 48.7 Å². The quantitative estimate of drug-likeness (QED) is 0.841. The molecule has 1 atom stereocenters. The molecule has 18 heavy (non-hydrogen) atoms. The van der Waals surface area contributed by atoms with Crippen LogP contribution in [0, 0.1) is 0 Å². The molecule has 0 spiro atoms. The van der Waals surface area contributed by atoms with Crippen LogP contribution in [0.5, 0.6) is 0 Å². The molecule has 96 valence electrons. The minimum atomic E-state index is -0.977. The summed E-state index contributed by atoms with van der Waals surface area (Å²) < 4.78 is 7.29. The molecule has 0 bridgehead atoms. The molecule has 1 unspecified atom stereocenters. The minimum absolute atomic E-state index is 0.391. The van der Waals surface area contributed by atoms with Crippen LogP contribution in [0.25, 0.3) is 11.3 Å². The van der Waals surface area contributed by atoms with Crippen LogP contribution in [0.2, 0.25) is 0 Å². The highest BCUT2D eigenvalue weighted by Gasteiger charge is 2.19. The van der Waals surface area contributed by atoms with Crippen LogP contribution in [0.3, 0.4) is 0 Å². The first kappa shape index (κ1) is 12.9. The maximum atomic E-state index is 10.1. The van der Waals surface area contributed by atoms with Crippen LogP contribution in [0.4, 0.5) is 0 Å². The molecule has 0 radical (unpaired) electrons. The number of hydrogen-bond acceptors (Lipinski definition) is 2. The topological polar surface area (TPSA) is 34.4 Å². The zero-order valence-corrected chi connectivity index (χ0v) is 11.0. The Morgan fingerprint density at radius 3 is 2.33 bits per heavy atom. The predicted octanol–water partition coefficient (Wildman–Crippen LogP) is 3.42. The number of aromatic nitrogens is 1. The monoisotopic (exact) mass is 245 g/mol. The Hall–Kier alpha value is -1.58. The summed E-state index contributed by atoms with van der Waals surface area (Å²) in [6.07, 6.45) is 0.842. The summed E-state index contributed by atoms with van der Waals surface area (Å²) in [5.41, 5.74) is 1.60. The molecule has 0 aliphatic carbocycles. The zero-order valence-electron chi connectivity index (χ0n) is 11.0. The largest absolute Gasteiger partial charge is 0.351 e. The van der Waals surface area contributed by atoms with Crippen molar-refractivity contribution in [3.8, 4) is 11.3 Å². The highest BCUT2D eigenvalue weighted by Crippen LogP contribution is 2.25. The highest BCUT2D eigenvalue weighted by atomic mass is 16.6. The smallest absolute Gasteiger partial charge is 0.242 e. The van der Waals surface area contributed by atoms with Crippen molar-refractivity contribution in [2.75, 3.05) is 0 Å². The summed E-state index contributed by atoms with van der Waals surface area (Å²) in [5.74, 6) is 0. The molecular formula is C15H19NO2. The number of nitrogens with zero attached hydrogens (tertiary/aromatic N) is 1. The Kier molecular flexibility index (Phi) is 3.55. The van der Waals surface area contributed by atoms with Crippen molar-refractivity contribution in [2.45, 2.75) is 32.8 Å². The van der Waals surface area contributed by atoms with Crippen molar-refractivity contribution in [3.63, 3.8) is 0 Å². The molecule has 0 fully saturated rings. The SMILES string of the molecule is CC(C)(C)OC(O)n1cccc1-c1ccccc1. The van der Waals surface area contributed by atoms with Gasteiger partial charge in [-0.1, -0.05) is 30.3 Å². The Balaban J connectivity index is 2.28. The van der Waals surface area contributed by atoms with Gasteiger partial charge in [0.2, 0.25) is 6.41 Å². The van der Waals surface area contributed by atoms with Gasteiger partial charge < -0.3 is 9.84 Å². The number of aliphatic hydroxyl groups is 1. The van der Waals surface area contributed by atoms with Crippen molar-refractivity contribution in [1.29, 1.82) is 0 Å². The molecule has 0 amide bonds. The average molecular weight is 245 g/mol.